The first kappa shape index (κ1) is 19.1. The number of nitrogens with zero attached hydrogens (tertiary/aromatic N) is 4. The van der Waals surface area contributed by atoms with Crippen molar-refractivity contribution in [2.45, 2.75) is 0 Å². The van der Waals surface area contributed by atoms with Crippen molar-refractivity contribution >= 4 is 35.2 Å². The van der Waals surface area contributed by atoms with Crippen molar-refractivity contribution in [3.8, 4) is 0 Å². The average molecular weight is 352 g/mol. The number of hydrogen-bond donors (Lipinski definition) is 0. The molecule has 2 aromatic carbocycles. The molecule has 6 heteroatoms. The fraction of sp³-hybridized carbons (Fsp3) is 0.200. The molecule has 0 bridgehead atoms. The Bertz CT molecular complexity index is 735. The zero-order valence-electron chi connectivity index (χ0n) is 15.5. The van der Waals surface area contributed by atoms with Gasteiger partial charge in [-0.1, -0.05) is 0 Å². The maximum atomic E-state index is 12.0. The van der Waals surface area contributed by atoms with E-state index in [1.54, 1.807) is 24.3 Å². The molecule has 0 fully saturated rings. The van der Waals surface area contributed by atoms with Crippen LogP contribution in [0.1, 0.15) is 0 Å². The molecule has 26 heavy (non-hydrogen) atoms. The quantitative estimate of drug-likeness (QED) is 0.345. The van der Waals surface area contributed by atoms with Gasteiger partial charge in [0.1, 0.15) is 0 Å². The Morgan fingerprint density at radius 3 is 1.19 bits per heavy atom. The van der Waals surface area contributed by atoms with Gasteiger partial charge >= 0.3 is 0 Å². The molecule has 0 unspecified atom stereocenters. The molecule has 0 N–H and O–H groups in total. The van der Waals surface area contributed by atoms with E-state index in [0.717, 1.165) is 20.9 Å². The van der Waals surface area contributed by atoms with Gasteiger partial charge in [0.25, 0.3) is 0 Å². The van der Waals surface area contributed by atoms with Crippen molar-refractivity contribution in [1.29, 1.82) is 0 Å². The van der Waals surface area contributed by atoms with E-state index in [2.05, 4.69) is 0 Å². The van der Waals surface area contributed by atoms with Gasteiger partial charge in [-0.25, -0.2) is 0 Å². The Morgan fingerprint density at radius 2 is 0.923 bits per heavy atom. The van der Waals surface area contributed by atoms with E-state index in [9.17, 15) is 10.4 Å². The van der Waals surface area contributed by atoms with E-state index in [1.165, 1.54) is 24.6 Å². The van der Waals surface area contributed by atoms with E-state index in [1.807, 2.05) is 62.3 Å². The Morgan fingerprint density at radius 1 is 0.615 bits per heavy atom. The molecular weight excluding hydrogens is 328 g/mol. The molecule has 0 amide bonds. The van der Waals surface area contributed by atoms with Gasteiger partial charge in [0.05, 0.1) is 0 Å². The maximum absolute atomic E-state index is 12.0. The Balaban J connectivity index is 2.03. The zero-order valence-corrected chi connectivity index (χ0v) is 15.5. The number of anilines is 2. The normalized spacial score (nSPS) is 12.5. The highest BCUT2D eigenvalue weighted by Crippen LogP contribution is 2.18. The van der Waals surface area contributed by atoms with Gasteiger partial charge in [0.2, 0.25) is 11.4 Å². The van der Waals surface area contributed by atoms with Gasteiger partial charge in [-0.2, -0.15) is 9.48 Å². The largest absolute Gasteiger partial charge is 0.618 e. The van der Waals surface area contributed by atoms with E-state index < -0.39 is 0 Å². The minimum absolute atomic E-state index is 0.526. The summed E-state index contributed by atoms with van der Waals surface area (Å²) >= 11 is 0. The molecule has 0 atom stereocenters. The highest BCUT2D eigenvalue weighted by atomic mass is 16.5. The van der Waals surface area contributed by atoms with Crippen molar-refractivity contribution in [1.82, 2.24) is 0 Å². The molecule has 0 aromatic heterocycles. The SMILES string of the molecule is CN(C)c1ccc([N+]([O-])=C/C=C/C=[N+]([O-])c2ccc(N(C)C)cc2)cc1. The number of benzene rings is 2. The highest BCUT2D eigenvalue weighted by Gasteiger charge is 2.02. The zero-order chi connectivity index (χ0) is 19.1. The number of hydrogen-bond acceptors (Lipinski definition) is 4. The summed E-state index contributed by atoms with van der Waals surface area (Å²) in [4.78, 5) is 3.93. The summed E-state index contributed by atoms with van der Waals surface area (Å²) in [5.41, 5.74) is 3.10. The van der Waals surface area contributed by atoms with Crippen LogP contribution in [0.25, 0.3) is 0 Å². The van der Waals surface area contributed by atoms with Crippen LogP contribution in [0, 0.1) is 10.4 Å². The van der Waals surface area contributed by atoms with E-state index in [4.69, 9.17) is 0 Å². The average Bonchev–Trinajstić information content (AvgIpc) is 2.65. The van der Waals surface area contributed by atoms with Crippen molar-refractivity contribution in [3.05, 3.63) is 71.1 Å². The Labute approximate surface area is 154 Å². The Hall–Kier alpha value is -3.28. The first-order chi connectivity index (χ1) is 12.4. The highest BCUT2D eigenvalue weighted by molar-refractivity contribution is 5.78. The van der Waals surface area contributed by atoms with Crippen LogP contribution in [0.15, 0.2) is 60.7 Å². The molecule has 0 heterocycles. The van der Waals surface area contributed by atoms with Crippen molar-refractivity contribution in [2.75, 3.05) is 38.0 Å². The topological polar surface area (TPSA) is 58.6 Å². The lowest BCUT2D eigenvalue weighted by Gasteiger charge is -2.12. The van der Waals surface area contributed by atoms with Crippen LogP contribution >= 0.6 is 0 Å². The molecular formula is C20H24N4O2. The van der Waals surface area contributed by atoms with Crippen LogP contribution in [0.2, 0.25) is 0 Å². The molecule has 0 radical (unpaired) electrons. The van der Waals surface area contributed by atoms with Gasteiger partial charge in [-0.05, 0) is 24.3 Å². The third-order valence-electron chi connectivity index (χ3n) is 3.80. The standard InChI is InChI=1S/C20H24N4O2/c1-21(2)17-7-11-19(12-8-17)23(25)15-5-6-16-24(26)20-13-9-18(10-14-20)22(3)4/h5-16H,1-4H3/b6-5+,23-15?,24-16?. The smallest absolute Gasteiger partial charge is 0.216 e. The van der Waals surface area contributed by atoms with Gasteiger partial charge in [0.15, 0.2) is 12.4 Å². The summed E-state index contributed by atoms with van der Waals surface area (Å²) in [5, 5.41) is 24.1. The molecule has 136 valence electrons. The second-order valence-electron chi connectivity index (χ2n) is 6.16. The minimum atomic E-state index is 0.526. The fourth-order valence-electron chi connectivity index (χ4n) is 2.22. The van der Waals surface area contributed by atoms with Gasteiger partial charge in [-0.15, -0.1) is 0 Å². The maximum Gasteiger partial charge on any atom is 0.216 e. The summed E-state index contributed by atoms with van der Waals surface area (Å²) in [6.45, 7) is 0. The first-order valence-electron chi connectivity index (χ1n) is 8.21. The van der Waals surface area contributed by atoms with Crippen molar-refractivity contribution in [3.63, 3.8) is 0 Å². The lowest BCUT2D eigenvalue weighted by molar-refractivity contribution is -0.355. The summed E-state index contributed by atoms with van der Waals surface area (Å²) in [7, 11) is 7.77. The lowest BCUT2D eigenvalue weighted by atomic mass is 10.2. The molecule has 0 saturated carbocycles. The molecule has 0 saturated heterocycles. The lowest BCUT2D eigenvalue weighted by Crippen LogP contribution is -2.08. The molecule has 2 aromatic rings. The second-order valence-corrected chi connectivity index (χ2v) is 6.16. The van der Waals surface area contributed by atoms with Crippen LogP contribution in [0.4, 0.5) is 22.7 Å². The fourth-order valence-corrected chi connectivity index (χ4v) is 2.22. The molecule has 0 spiro atoms. The number of rotatable bonds is 6. The van der Waals surface area contributed by atoms with Gasteiger partial charge in [-0.3, -0.25) is 0 Å². The molecule has 6 nitrogen and oxygen atoms in total. The monoisotopic (exact) mass is 352 g/mol. The first-order valence-corrected chi connectivity index (χ1v) is 8.21. The number of allylic oxidation sites excluding steroid dienone is 2. The van der Waals surface area contributed by atoms with Crippen LogP contribution in [0.5, 0.6) is 0 Å². The second kappa shape index (κ2) is 8.71. The van der Waals surface area contributed by atoms with Gasteiger partial charge < -0.3 is 20.2 Å². The summed E-state index contributed by atoms with van der Waals surface area (Å²) in [6.07, 6.45) is 5.80. The van der Waals surface area contributed by atoms with Crippen LogP contribution < -0.4 is 9.80 Å². The van der Waals surface area contributed by atoms with Crippen molar-refractivity contribution in [2.24, 2.45) is 0 Å². The predicted octanol–water partition coefficient (Wildman–Crippen LogP) is 3.50. The van der Waals surface area contributed by atoms with Crippen LogP contribution in [-0.2, 0) is 0 Å². The molecule has 0 aliphatic rings. The molecule has 2 rings (SSSR count). The third kappa shape index (κ3) is 5.11. The summed E-state index contributed by atoms with van der Waals surface area (Å²) in [6, 6.07) is 14.5. The summed E-state index contributed by atoms with van der Waals surface area (Å²) < 4.78 is 1.51. The van der Waals surface area contributed by atoms with E-state index >= 15 is 0 Å². The minimum Gasteiger partial charge on any atom is -0.618 e. The molecule has 0 aliphatic carbocycles. The summed E-state index contributed by atoms with van der Waals surface area (Å²) in [5.74, 6) is 0. The predicted molar refractivity (Wildman–Crippen MR) is 109 cm³/mol. The third-order valence-corrected chi connectivity index (χ3v) is 3.80. The Kier molecular flexibility index (Phi) is 6.38. The van der Waals surface area contributed by atoms with Crippen LogP contribution in [0.3, 0.4) is 0 Å². The van der Waals surface area contributed by atoms with E-state index in [-0.39, 0.29) is 0 Å². The van der Waals surface area contributed by atoms with Gasteiger partial charge in [0, 0.05) is 76.0 Å². The van der Waals surface area contributed by atoms with Crippen molar-refractivity contribution < 1.29 is 9.48 Å². The van der Waals surface area contributed by atoms with E-state index in [0.29, 0.717) is 11.4 Å². The van der Waals surface area contributed by atoms with Crippen LogP contribution in [-0.4, -0.2) is 50.1 Å². The molecule has 0 aliphatic heterocycles.